The number of nitrogens with one attached hydrogen (secondary N) is 2. The van der Waals surface area contributed by atoms with Crippen molar-refractivity contribution in [1.82, 2.24) is 10.6 Å². The number of ether oxygens (including phenoxy) is 3. The molecule has 160 valence electrons. The average molecular weight is 507 g/mol. The summed E-state index contributed by atoms with van der Waals surface area (Å²) in [5.74, 6) is 1.81. The van der Waals surface area contributed by atoms with Gasteiger partial charge in [0.05, 0.1) is 31.6 Å². The molecule has 2 atom stereocenters. The second-order valence-corrected chi connectivity index (χ2v) is 7.07. The minimum Gasteiger partial charge on any atom is -0.469 e. The minimum atomic E-state index is 0. The lowest BCUT2D eigenvalue weighted by Gasteiger charge is -2.14. The molecule has 0 spiro atoms. The van der Waals surface area contributed by atoms with Crippen LogP contribution < -0.4 is 10.6 Å². The number of aliphatic imine (C=N–C) groups is 1. The molecular weight excluding hydrogens is 473 g/mol. The van der Waals surface area contributed by atoms with Gasteiger partial charge in [-0.1, -0.05) is 0 Å². The van der Waals surface area contributed by atoms with E-state index in [1.165, 1.54) is 0 Å². The Morgan fingerprint density at radius 2 is 1.89 bits per heavy atom. The largest absolute Gasteiger partial charge is 0.469 e. The van der Waals surface area contributed by atoms with Crippen LogP contribution in [0.4, 0.5) is 0 Å². The number of hydrogen-bond donors (Lipinski definition) is 2. The first-order valence-corrected chi connectivity index (χ1v) is 10.3. The van der Waals surface area contributed by atoms with E-state index in [4.69, 9.17) is 18.6 Å². The molecule has 0 aliphatic carbocycles. The summed E-state index contributed by atoms with van der Waals surface area (Å²) in [6.45, 7) is 5.48. The lowest BCUT2D eigenvalue weighted by atomic mass is 10.2. The first kappa shape index (κ1) is 23.4. The van der Waals surface area contributed by atoms with Crippen LogP contribution >= 0.6 is 24.0 Å². The Morgan fingerprint density at radius 1 is 1.11 bits per heavy atom. The molecule has 3 heterocycles. The third-order valence-corrected chi connectivity index (χ3v) is 4.81. The van der Waals surface area contributed by atoms with Gasteiger partial charge in [0, 0.05) is 39.3 Å². The second-order valence-electron chi connectivity index (χ2n) is 7.07. The van der Waals surface area contributed by atoms with E-state index in [0.29, 0.717) is 19.3 Å². The first-order valence-electron chi connectivity index (χ1n) is 10.3. The Balaban J connectivity index is 0.00000280. The molecule has 0 amide bonds. The quantitative estimate of drug-likeness (QED) is 0.208. The highest BCUT2D eigenvalue weighted by Crippen LogP contribution is 2.12. The van der Waals surface area contributed by atoms with Gasteiger partial charge in [-0.25, -0.2) is 0 Å². The Hall–Kier alpha value is -0.840. The van der Waals surface area contributed by atoms with Gasteiger partial charge in [0.2, 0.25) is 0 Å². The van der Waals surface area contributed by atoms with Crippen molar-refractivity contribution in [3.63, 3.8) is 0 Å². The Labute approximate surface area is 185 Å². The summed E-state index contributed by atoms with van der Waals surface area (Å²) in [7, 11) is 0. The molecule has 2 aliphatic rings. The molecule has 8 heteroatoms. The zero-order valence-electron chi connectivity index (χ0n) is 16.6. The summed E-state index contributed by atoms with van der Waals surface area (Å²) >= 11 is 0. The zero-order chi connectivity index (χ0) is 18.6. The summed E-state index contributed by atoms with van der Waals surface area (Å²) in [4.78, 5) is 4.68. The van der Waals surface area contributed by atoms with Gasteiger partial charge >= 0.3 is 0 Å². The summed E-state index contributed by atoms with van der Waals surface area (Å²) in [5, 5.41) is 6.77. The van der Waals surface area contributed by atoms with Crippen LogP contribution in [0.5, 0.6) is 0 Å². The van der Waals surface area contributed by atoms with Gasteiger partial charge in [0.25, 0.3) is 0 Å². The van der Waals surface area contributed by atoms with E-state index >= 15 is 0 Å². The maximum atomic E-state index is 5.71. The molecule has 0 saturated carbocycles. The number of hydrogen-bond acceptors (Lipinski definition) is 5. The standard InChI is InChI=1S/C20H33N3O4.HI/c1-5-17(25-12-1)8-10-22-20(23-15-18-6-2-13-26-18)21-9-4-11-24-16-19-7-3-14-27-19;/h1,5,12,18-19H,2-4,6-11,13-16H2,(H2,21,22,23);1H. The van der Waals surface area contributed by atoms with Crippen LogP contribution in [0.2, 0.25) is 0 Å². The van der Waals surface area contributed by atoms with Crippen molar-refractivity contribution in [1.29, 1.82) is 0 Å². The SMILES string of the molecule is I.c1coc(CCNC(=NCC2CCCO2)NCCCOCC2CCCO2)c1. The van der Waals surface area contributed by atoms with Crippen LogP contribution in [0.25, 0.3) is 0 Å². The van der Waals surface area contributed by atoms with Gasteiger partial charge in [-0.2, -0.15) is 0 Å². The fraction of sp³-hybridized carbons (Fsp3) is 0.750. The van der Waals surface area contributed by atoms with Crippen molar-refractivity contribution >= 4 is 29.9 Å². The lowest BCUT2D eigenvalue weighted by molar-refractivity contribution is 0.0168. The molecule has 1 aromatic rings. The Kier molecular flexibility index (Phi) is 11.9. The third-order valence-electron chi connectivity index (χ3n) is 4.81. The van der Waals surface area contributed by atoms with Gasteiger partial charge in [-0.15, -0.1) is 24.0 Å². The van der Waals surface area contributed by atoms with E-state index in [1.54, 1.807) is 6.26 Å². The highest BCUT2D eigenvalue weighted by molar-refractivity contribution is 14.0. The second kappa shape index (κ2) is 14.2. The molecule has 2 fully saturated rings. The predicted molar refractivity (Wildman–Crippen MR) is 120 cm³/mol. The van der Waals surface area contributed by atoms with E-state index in [0.717, 1.165) is 83.2 Å². The maximum absolute atomic E-state index is 5.71. The van der Waals surface area contributed by atoms with Crippen LogP contribution in [-0.4, -0.2) is 64.2 Å². The summed E-state index contributed by atoms with van der Waals surface area (Å²) in [6, 6.07) is 3.90. The van der Waals surface area contributed by atoms with E-state index in [1.807, 2.05) is 12.1 Å². The molecule has 2 N–H and O–H groups in total. The molecule has 28 heavy (non-hydrogen) atoms. The molecule has 2 aliphatic heterocycles. The molecule has 2 unspecified atom stereocenters. The Bertz CT molecular complexity index is 530. The topological polar surface area (TPSA) is 77.3 Å². The maximum Gasteiger partial charge on any atom is 0.191 e. The molecule has 7 nitrogen and oxygen atoms in total. The lowest BCUT2D eigenvalue weighted by Crippen LogP contribution is -2.39. The number of rotatable bonds is 11. The van der Waals surface area contributed by atoms with E-state index < -0.39 is 0 Å². The summed E-state index contributed by atoms with van der Waals surface area (Å²) in [6.07, 6.45) is 8.53. The number of guanidine groups is 1. The van der Waals surface area contributed by atoms with Crippen molar-refractivity contribution < 1.29 is 18.6 Å². The van der Waals surface area contributed by atoms with Crippen LogP contribution in [0.15, 0.2) is 27.8 Å². The van der Waals surface area contributed by atoms with E-state index in [9.17, 15) is 0 Å². The van der Waals surface area contributed by atoms with Crippen molar-refractivity contribution in [2.75, 3.05) is 46.1 Å². The van der Waals surface area contributed by atoms with Gasteiger partial charge in [0.15, 0.2) is 5.96 Å². The smallest absolute Gasteiger partial charge is 0.191 e. The molecule has 3 rings (SSSR count). The monoisotopic (exact) mass is 507 g/mol. The number of nitrogens with zero attached hydrogens (tertiary/aromatic N) is 1. The van der Waals surface area contributed by atoms with Crippen molar-refractivity contribution in [2.24, 2.45) is 4.99 Å². The fourth-order valence-corrected chi connectivity index (χ4v) is 3.29. The predicted octanol–water partition coefficient (Wildman–Crippen LogP) is 2.74. The van der Waals surface area contributed by atoms with Gasteiger partial charge in [-0.05, 0) is 44.2 Å². The van der Waals surface area contributed by atoms with Gasteiger partial charge < -0.3 is 29.3 Å². The third kappa shape index (κ3) is 9.11. The molecule has 0 bridgehead atoms. The molecule has 0 radical (unpaired) electrons. The molecule has 1 aromatic heterocycles. The zero-order valence-corrected chi connectivity index (χ0v) is 18.9. The van der Waals surface area contributed by atoms with Gasteiger partial charge in [-0.3, -0.25) is 4.99 Å². The van der Waals surface area contributed by atoms with Crippen LogP contribution in [0, 0.1) is 0 Å². The van der Waals surface area contributed by atoms with Crippen molar-refractivity contribution in [3.05, 3.63) is 24.2 Å². The molecule has 2 saturated heterocycles. The number of halogens is 1. The van der Waals surface area contributed by atoms with Crippen molar-refractivity contribution in [2.45, 2.75) is 50.7 Å². The summed E-state index contributed by atoms with van der Waals surface area (Å²) in [5.41, 5.74) is 0. The highest BCUT2D eigenvalue weighted by atomic mass is 127. The van der Waals surface area contributed by atoms with Crippen molar-refractivity contribution in [3.8, 4) is 0 Å². The molecule has 0 aromatic carbocycles. The van der Waals surface area contributed by atoms with Crippen LogP contribution in [0.1, 0.15) is 37.9 Å². The van der Waals surface area contributed by atoms with Crippen LogP contribution in [0.3, 0.4) is 0 Å². The minimum absolute atomic E-state index is 0. The van der Waals surface area contributed by atoms with E-state index in [-0.39, 0.29) is 30.1 Å². The normalized spacial score (nSPS) is 22.2. The average Bonchev–Trinajstić information content (AvgIpc) is 3.45. The summed E-state index contributed by atoms with van der Waals surface area (Å²) < 4.78 is 22.3. The molecular formula is C20H34IN3O4. The fourth-order valence-electron chi connectivity index (χ4n) is 3.29. The first-order chi connectivity index (χ1) is 13.4. The highest BCUT2D eigenvalue weighted by Gasteiger charge is 2.16. The Morgan fingerprint density at radius 3 is 2.61 bits per heavy atom. The van der Waals surface area contributed by atoms with Gasteiger partial charge in [0.1, 0.15) is 5.76 Å². The number of furan rings is 1. The van der Waals surface area contributed by atoms with E-state index in [2.05, 4.69) is 15.6 Å². The van der Waals surface area contributed by atoms with Crippen LogP contribution in [-0.2, 0) is 20.6 Å².